The van der Waals surface area contributed by atoms with Crippen molar-refractivity contribution in [2.45, 2.75) is 0 Å². The second kappa shape index (κ2) is 14.2. The third-order valence-electron chi connectivity index (χ3n) is 6.29. The van der Waals surface area contributed by atoms with Crippen LogP contribution in [0.1, 0.15) is 0 Å². The Labute approximate surface area is 264 Å². The molecule has 0 amide bonds. The van der Waals surface area contributed by atoms with E-state index >= 15 is 0 Å². The molecular formula is C36H30BrN3O4. The summed E-state index contributed by atoms with van der Waals surface area (Å²) in [4.78, 5) is 0. The van der Waals surface area contributed by atoms with Gasteiger partial charge in [0.05, 0.1) is 0 Å². The van der Waals surface area contributed by atoms with Gasteiger partial charge in [0.25, 0.3) is 0 Å². The maximum atomic E-state index is 5.89. The third kappa shape index (κ3) is 7.49. The lowest BCUT2D eigenvalue weighted by atomic mass is 10.2. The van der Waals surface area contributed by atoms with Gasteiger partial charge in [-0.05, 0) is 78.9 Å². The van der Waals surface area contributed by atoms with E-state index in [1.165, 1.54) is 0 Å². The number of hydrogen-bond donors (Lipinski definition) is 3. The minimum atomic E-state index is 0. The van der Waals surface area contributed by atoms with E-state index in [2.05, 4.69) is 21.2 Å². The number of nitrogens with one attached hydrogen (secondary N) is 1. The monoisotopic (exact) mass is 647 g/mol. The summed E-state index contributed by atoms with van der Waals surface area (Å²) in [5, 5.41) is 3.34. The molecule has 0 saturated carbocycles. The molecule has 0 aromatic heterocycles. The summed E-state index contributed by atoms with van der Waals surface area (Å²) in [7, 11) is 0. The zero-order valence-corrected chi connectivity index (χ0v) is 25.2. The van der Waals surface area contributed by atoms with Gasteiger partial charge in [0.15, 0.2) is 46.0 Å². The summed E-state index contributed by atoms with van der Waals surface area (Å²) in [6.45, 7) is 0. The smallest absolute Gasteiger partial charge is 0.172 e. The molecule has 220 valence electrons. The van der Waals surface area contributed by atoms with Crippen LogP contribution in [-0.4, -0.2) is 0 Å². The van der Waals surface area contributed by atoms with Gasteiger partial charge < -0.3 is 36.1 Å². The Morgan fingerprint density at radius 1 is 0.409 bits per heavy atom. The van der Waals surface area contributed by atoms with Crippen LogP contribution < -0.4 is 36.1 Å². The van der Waals surface area contributed by atoms with Crippen molar-refractivity contribution in [3.05, 3.63) is 150 Å². The van der Waals surface area contributed by atoms with Crippen LogP contribution in [0.2, 0.25) is 0 Å². The molecule has 7 nitrogen and oxygen atoms in total. The molecule has 6 aromatic rings. The summed E-state index contributed by atoms with van der Waals surface area (Å²) in [6.07, 6.45) is 0. The molecule has 8 heteroatoms. The molecule has 6 aromatic carbocycles. The van der Waals surface area contributed by atoms with Crippen LogP contribution in [0.15, 0.2) is 150 Å². The van der Waals surface area contributed by atoms with Gasteiger partial charge in [-0.15, -0.1) is 0 Å². The number of hydrogen-bond acceptors (Lipinski definition) is 7. The van der Waals surface area contributed by atoms with E-state index < -0.39 is 0 Å². The van der Waals surface area contributed by atoms with Gasteiger partial charge in [0.2, 0.25) is 0 Å². The summed E-state index contributed by atoms with van der Waals surface area (Å²) in [5.41, 5.74) is 8.18. The summed E-state index contributed by atoms with van der Waals surface area (Å²) < 4.78 is 24.1. The number of nitrogens with two attached hydrogens (primary N) is 1. The number of ether oxygens (including phenoxy) is 4. The highest BCUT2D eigenvalue weighted by Crippen LogP contribution is 2.47. The second-order valence-electron chi connectivity index (χ2n) is 9.46. The van der Waals surface area contributed by atoms with Gasteiger partial charge in [-0.2, -0.15) is 0 Å². The molecule has 0 fully saturated rings. The first-order valence-electron chi connectivity index (χ1n) is 13.6. The molecule has 0 unspecified atom stereocenters. The maximum Gasteiger partial charge on any atom is 0.172 e. The van der Waals surface area contributed by atoms with Gasteiger partial charge in [-0.25, -0.2) is 0 Å². The van der Waals surface area contributed by atoms with Crippen molar-refractivity contribution in [1.29, 1.82) is 0 Å². The van der Waals surface area contributed by atoms with Gasteiger partial charge in [-0.1, -0.05) is 76.6 Å². The lowest BCUT2D eigenvalue weighted by Crippen LogP contribution is -1.99. The van der Waals surface area contributed by atoms with Crippen LogP contribution in [0.3, 0.4) is 0 Å². The predicted octanol–water partition coefficient (Wildman–Crippen LogP) is 11.1. The maximum absolute atomic E-state index is 5.89. The number of para-hydroxylation sites is 6. The minimum absolute atomic E-state index is 0. The van der Waals surface area contributed by atoms with Gasteiger partial charge in [0.1, 0.15) is 0 Å². The van der Waals surface area contributed by atoms with E-state index in [0.29, 0.717) is 0 Å². The lowest BCUT2D eigenvalue weighted by Gasteiger charge is -2.21. The highest BCUT2D eigenvalue weighted by molar-refractivity contribution is 9.10. The third-order valence-corrected chi connectivity index (χ3v) is 6.78. The van der Waals surface area contributed by atoms with Crippen LogP contribution in [0, 0.1) is 0 Å². The summed E-state index contributed by atoms with van der Waals surface area (Å²) in [6, 6.07) is 46.3. The molecule has 0 bridgehead atoms. The number of halogens is 1. The Hall–Kier alpha value is -5.44. The highest BCUT2D eigenvalue weighted by Gasteiger charge is 2.19. The quantitative estimate of drug-likeness (QED) is 0.160. The van der Waals surface area contributed by atoms with Crippen molar-refractivity contribution < 1.29 is 18.9 Å². The van der Waals surface area contributed by atoms with E-state index in [1.807, 2.05) is 146 Å². The molecular weight excluding hydrogens is 618 g/mol. The molecule has 8 rings (SSSR count). The molecule has 0 radical (unpaired) electrons. The molecule has 0 atom stereocenters. The first-order valence-corrected chi connectivity index (χ1v) is 14.4. The average molecular weight is 649 g/mol. The molecule has 6 N–H and O–H groups in total. The zero-order chi connectivity index (χ0) is 29.4. The summed E-state index contributed by atoms with van der Waals surface area (Å²) in [5.74, 6) is 5.92. The number of nitrogen functional groups attached to an aromatic ring is 1. The van der Waals surface area contributed by atoms with Gasteiger partial charge >= 0.3 is 0 Å². The fourth-order valence-corrected chi connectivity index (χ4v) is 4.59. The van der Waals surface area contributed by atoms with Crippen LogP contribution >= 0.6 is 15.9 Å². The first-order chi connectivity index (χ1) is 21.1. The molecule has 2 heterocycles. The lowest BCUT2D eigenvalue weighted by molar-refractivity contribution is 0.359. The van der Waals surface area contributed by atoms with Crippen molar-refractivity contribution >= 4 is 33.0 Å². The number of anilines is 3. The number of fused-ring (bicyclic) bond motifs is 4. The summed E-state index contributed by atoms with van der Waals surface area (Å²) >= 11 is 3.39. The Balaban J connectivity index is 0.000000146. The Kier molecular flexibility index (Phi) is 9.66. The number of rotatable bonds is 2. The van der Waals surface area contributed by atoms with Gasteiger partial charge in [-0.3, -0.25) is 0 Å². The van der Waals surface area contributed by atoms with Crippen LogP contribution in [0.4, 0.5) is 17.1 Å². The van der Waals surface area contributed by atoms with Crippen molar-refractivity contribution in [2.24, 2.45) is 0 Å². The first kappa shape index (κ1) is 30.0. The van der Waals surface area contributed by atoms with E-state index in [9.17, 15) is 0 Å². The van der Waals surface area contributed by atoms with Crippen molar-refractivity contribution in [3.8, 4) is 46.0 Å². The van der Waals surface area contributed by atoms with Crippen molar-refractivity contribution in [1.82, 2.24) is 6.15 Å². The highest BCUT2D eigenvalue weighted by atomic mass is 79.9. The molecule has 0 saturated heterocycles. The Morgan fingerprint density at radius 2 is 0.818 bits per heavy atom. The van der Waals surface area contributed by atoms with E-state index in [0.717, 1.165) is 67.5 Å². The van der Waals surface area contributed by atoms with Crippen LogP contribution in [0.5, 0.6) is 46.0 Å². The van der Waals surface area contributed by atoms with Crippen molar-refractivity contribution in [2.75, 3.05) is 11.1 Å². The Morgan fingerprint density at radius 3 is 1.32 bits per heavy atom. The molecule has 44 heavy (non-hydrogen) atoms. The zero-order valence-electron chi connectivity index (χ0n) is 23.7. The predicted molar refractivity (Wildman–Crippen MR) is 179 cm³/mol. The second-order valence-corrected chi connectivity index (χ2v) is 10.4. The van der Waals surface area contributed by atoms with E-state index in [1.54, 1.807) is 0 Å². The number of benzene rings is 6. The molecule has 2 aliphatic rings. The Bertz CT molecular complexity index is 1840. The van der Waals surface area contributed by atoms with E-state index in [-0.39, 0.29) is 6.15 Å². The molecule has 0 aliphatic carbocycles. The molecule has 0 spiro atoms. The largest absolute Gasteiger partial charge is 0.450 e. The fraction of sp³-hybridized carbons (Fsp3) is 0. The average Bonchev–Trinajstić information content (AvgIpc) is 3.04. The fourth-order valence-electron chi connectivity index (χ4n) is 4.25. The van der Waals surface area contributed by atoms with Gasteiger partial charge in [0, 0.05) is 27.6 Å². The van der Waals surface area contributed by atoms with Crippen LogP contribution in [0.25, 0.3) is 0 Å². The molecule has 2 aliphatic heterocycles. The van der Waals surface area contributed by atoms with Crippen molar-refractivity contribution in [3.63, 3.8) is 0 Å². The SMILES string of the molecule is Brc1ccc2c(c1)Oc1ccccc1O2.N.Nc1ccccc1.c1ccc(Nc2ccc3c(c2)Oc2ccccc2O3)cc1. The normalized spacial score (nSPS) is 11.0. The van der Waals surface area contributed by atoms with Crippen LogP contribution in [-0.2, 0) is 0 Å². The minimum Gasteiger partial charge on any atom is -0.450 e. The van der Waals surface area contributed by atoms with E-state index in [4.69, 9.17) is 24.7 Å². The topological polar surface area (TPSA) is 110 Å². The standard InChI is InChI=1S/C18H13NO2.C12H7BrO2.C6H7N.H3N/c1-2-6-13(7-3-1)19-14-10-11-17-18(12-14)21-16-9-5-4-8-15(16)20-17;13-8-5-6-11-12(7-8)15-10-4-2-1-3-9(10)14-11;7-6-4-2-1-3-5-6;/h1-12,19H;1-7H;1-5H,7H2;1H3.